The number of pyridine rings is 1. The van der Waals surface area contributed by atoms with E-state index in [9.17, 15) is 9.90 Å². The summed E-state index contributed by atoms with van der Waals surface area (Å²) in [6.45, 7) is 4.64. The van der Waals surface area contributed by atoms with E-state index in [1.807, 2.05) is 26.0 Å². The molecule has 5 nitrogen and oxygen atoms in total. The number of hydrogen-bond acceptors (Lipinski definition) is 3. The van der Waals surface area contributed by atoms with Gasteiger partial charge in [0, 0.05) is 25.5 Å². The number of nitrogens with one attached hydrogen (secondary N) is 2. The van der Waals surface area contributed by atoms with Crippen molar-refractivity contribution in [2.75, 3.05) is 13.1 Å². The third-order valence-electron chi connectivity index (χ3n) is 3.32. The summed E-state index contributed by atoms with van der Waals surface area (Å²) in [4.78, 5) is 15.6. The standard InChI is InChI=1S/C14H23N3O2/c1-3-14(19,4-2)11-17-13(18)16-9-7-12-6-5-8-15-10-12/h5-6,8,10,19H,3-4,7,9,11H2,1-2H3,(H2,16,17,18). The molecule has 0 atom stereocenters. The minimum atomic E-state index is -0.805. The van der Waals surface area contributed by atoms with Crippen LogP contribution < -0.4 is 10.6 Å². The highest BCUT2D eigenvalue weighted by Gasteiger charge is 2.22. The van der Waals surface area contributed by atoms with Gasteiger partial charge in [-0.25, -0.2) is 4.79 Å². The van der Waals surface area contributed by atoms with Gasteiger partial charge in [0.25, 0.3) is 0 Å². The van der Waals surface area contributed by atoms with Gasteiger partial charge >= 0.3 is 6.03 Å². The molecule has 0 aliphatic carbocycles. The maximum atomic E-state index is 11.6. The summed E-state index contributed by atoms with van der Waals surface area (Å²) in [6.07, 6.45) is 5.50. The third-order valence-corrected chi connectivity index (χ3v) is 3.32. The predicted molar refractivity (Wildman–Crippen MR) is 74.9 cm³/mol. The SMILES string of the molecule is CCC(O)(CC)CNC(=O)NCCc1cccnc1. The van der Waals surface area contributed by atoms with Crippen LogP contribution in [0.15, 0.2) is 24.5 Å². The molecule has 106 valence electrons. The molecule has 0 aliphatic heterocycles. The van der Waals surface area contributed by atoms with Gasteiger partial charge in [0.05, 0.1) is 5.60 Å². The smallest absolute Gasteiger partial charge is 0.314 e. The molecule has 2 amide bonds. The lowest BCUT2D eigenvalue weighted by Crippen LogP contribution is -2.46. The highest BCUT2D eigenvalue weighted by atomic mass is 16.3. The van der Waals surface area contributed by atoms with E-state index in [-0.39, 0.29) is 12.6 Å². The van der Waals surface area contributed by atoms with E-state index in [2.05, 4.69) is 15.6 Å². The Labute approximate surface area is 114 Å². The zero-order valence-electron chi connectivity index (χ0n) is 11.6. The van der Waals surface area contributed by atoms with Crippen LogP contribution >= 0.6 is 0 Å². The third kappa shape index (κ3) is 5.70. The molecule has 0 saturated carbocycles. The molecule has 0 unspecified atom stereocenters. The number of carbonyl (C=O) groups excluding carboxylic acids is 1. The van der Waals surface area contributed by atoms with Crippen molar-refractivity contribution >= 4 is 6.03 Å². The van der Waals surface area contributed by atoms with E-state index in [1.54, 1.807) is 12.4 Å². The first kappa shape index (κ1) is 15.4. The Morgan fingerprint density at radius 1 is 1.37 bits per heavy atom. The Hall–Kier alpha value is -1.62. The predicted octanol–water partition coefficient (Wildman–Crippen LogP) is 1.47. The van der Waals surface area contributed by atoms with Gasteiger partial charge in [-0.3, -0.25) is 4.98 Å². The summed E-state index contributed by atoms with van der Waals surface area (Å²) in [5.41, 5.74) is 0.280. The fourth-order valence-electron chi connectivity index (χ4n) is 1.67. The number of hydrogen-bond donors (Lipinski definition) is 3. The van der Waals surface area contributed by atoms with Crippen LogP contribution in [0.3, 0.4) is 0 Å². The number of rotatable bonds is 7. The summed E-state index contributed by atoms with van der Waals surface area (Å²) in [7, 11) is 0. The molecule has 0 bridgehead atoms. The first-order chi connectivity index (χ1) is 9.09. The average Bonchev–Trinajstić information content (AvgIpc) is 2.46. The van der Waals surface area contributed by atoms with Crippen molar-refractivity contribution in [3.05, 3.63) is 30.1 Å². The molecule has 0 aliphatic rings. The molecule has 5 heteroatoms. The molecule has 1 heterocycles. The first-order valence-electron chi connectivity index (χ1n) is 6.72. The lowest BCUT2D eigenvalue weighted by molar-refractivity contribution is 0.0349. The van der Waals surface area contributed by atoms with Crippen LogP contribution in [0.25, 0.3) is 0 Å². The highest BCUT2D eigenvalue weighted by molar-refractivity contribution is 5.73. The van der Waals surface area contributed by atoms with Gasteiger partial charge in [0.15, 0.2) is 0 Å². The van der Waals surface area contributed by atoms with Gasteiger partial charge in [0.2, 0.25) is 0 Å². The molecule has 1 aromatic rings. The molecule has 0 aromatic carbocycles. The van der Waals surface area contributed by atoms with E-state index in [0.29, 0.717) is 19.4 Å². The zero-order valence-corrected chi connectivity index (χ0v) is 11.6. The Kier molecular flexibility index (Phi) is 6.29. The molecular weight excluding hydrogens is 242 g/mol. The molecule has 0 fully saturated rings. The Bertz CT molecular complexity index is 378. The second-order valence-electron chi connectivity index (χ2n) is 4.65. The van der Waals surface area contributed by atoms with Crippen LogP contribution in [0, 0.1) is 0 Å². The maximum absolute atomic E-state index is 11.6. The minimum Gasteiger partial charge on any atom is -0.388 e. The number of aromatic nitrogens is 1. The maximum Gasteiger partial charge on any atom is 0.314 e. The van der Waals surface area contributed by atoms with Crippen LogP contribution in [0.1, 0.15) is 32.3 Å². The van der Waals surface area contributed by atoms with Crippen molar-refractivity contribution < 1.29 is 9.90 Å². The molecule has 0 saturated heterocycles. The minimum absolute atomic E-state index is 0.246. The Balaban J connectivity index is 2.22. The van der Waals surface area contributed by atoms with Gasteiger partial charge in [-0.1, -0.05) is 19.9 Å². The molecule has 1 rings (SSSR count). The highest BCUT2D eigenvalue weighted by Crippen LogP contribution is 2.12. The van der Waals surface area contributed by atoms with Gasteiger partial charge in [-0.05, 0) is 30.9 Å². The Morgan fingerprint density at radius 2 is 2.11 bits per heavy atom. The van der Waals surface area contributed by atoms with Gasteiger partial charge < -0.3 is 15.7 Å². The van der Waals surface area contributed by atoms with E-state index >= 15 is 0 Å². The van der Waals surface area contributed by atoms with Crippen molar-refractivity contribution in [3.8, 4) is 0 Å². The van der Waals surface area contributed by atoms with Crippen molar-refractivity contribution in [1.29, 1.82) is 0 Å². The summed E-state index contributed by atoms with van der Waals surface area (Å²) >= 11 is 0. The van der Waals surface area contributed by atoms with E-state index in [4.69, 9.17) is 0 Å². The largest absolute Gasteiger partial charge is 0.388 e. The summed E-state index contributed by atoms with van der Waals surface area (Å²) in [5, 5.41) is 15.5. The average molecular weight is 265 g/mol. The molecular formula is C14H23N3O2. The van der Waals surface area contributed by atoms with Crippen LogP contribution in [-0.4, -0.2) is 34.8 Å². The molecule has 1 aromatic heterocycles. The van der Waals surface area contributed by atoms with Crippen molar-refractivity contribution in [1.82, 2.24) is 15.6 Å². The van der Waals surface area contributed by atoms with Crippen LogP contribution in [0.2, 0.25) is 0 Å². The lowest BCUT2D eigenvalue weighted by atomic mass is 9.98. The van der Waals surface area contributed by atoms with Gasteiger partial charge in [-0.2, -0.15) is 0 Å². The van der Waals surface area contributed by atoms with Crippen LogP contribution in [0.4, 0.5) is 4.79 Å². The molecule has 3 N–H and O–H groups in total. The van der Waals surface area contributed by atoms with Crippen molar-refractivity contribution in [3.63, 3.8) is 0 Å². The Morgan fingerprint density at radius 3 is 2.68 bits per heavy atom. The van der Waals surface area contributed by atoms with Gasteiger partial charge in [-0.15, -0.1) is 0 Å². The molecule has 0 radical (unpaired) electrons. The summed E-state index contributed by atoms with van der Waals surface area (Å²) in [5.74, 6) is 0. The normalized spacial score (nSPS) is 11.1. The molecule has 19 heavy (non-hydrogen) atoms. The van der Waals surface area contributed by atoms with E-state index in [0.717, 1.165) is 12.0 Å². The van der Waals surface area contributed by atoms with Crippen molar-refractivity contribution in [2.45, 2.75) is 38.7 Å². The van der Waals surface area contributed by atoms with Crippen molar-refractivity contribution in [2.24, 2.45) is 0 Å². The fourth-order valence-corrected chi connectivity index (χ4v) is 1.67. The van der Waals surface area contributed by atoms with E-state index in [1.165, 1.54) is 0 Å². The number of carbonyl (C=O) groups is 1. The number of aliphatic hydroxyl groups is 1. The van der Waals surface area contributed by atoms with Crippen LogP contribution in [-0.2, 0) is 6.42 Å². The second-order valence-corrected chi connectivity index (χ2v) is 4.65. The van der Waals surface area contributed by atoms with Gasteiger partial charge in [0.1, 0.15) is 0 Å². The summed E-state index contributed by atoms with van der Waals surface area (Å²) in [6, 6.07) is 3.60. The monoisotopic (exact) mass is 265 g/mol. The fraction of sp³-hybridized carbons (Fsp3) is 0.571. The quantitative estimate of drug-likeness (QED) is 0.699. The molecule has 0 spiro atoms. The lowest BCUT2D eigenvalue weighted by Gasteiger charge is -2.25. The number of urea groups is 1. The number of amides is 2. The summed E-state index contributed by atoms with van der Waals surface area (Å²) < 4.78 is 0. The second kappa shape index (κ2) is 7.74. The van der Waals surface area contributed by atoms with Crippen LogP contribution in [0.5, 0.6) is 0 Å². The first-order valence-corrected chi connectivity index (χ1v) is 6.72. The topological polar surface area (TPSA) is 74.2 Å². The van der Waals surface area contributed by atoms with E-state index < -0.39 is 5.60 Å². The number of nitrogens with zero attached hydrogens (tertiary/aromatic N) is 1. The zero-order chi connectivity index (χ0) is 14.1.